The molecule has 0 aliphatic rings. The highest BCUT2D eigenvalue weighted by Gasteiger charge is 2.17. The summed E-state index contributed by atoms with van der Waals surface area (Å²) < 4.78 is 0. The Morgan fingerprint density at radius 1 is 1.22 bits per heavy atom. The van der Waals surface area contributed by atoms with Gasteiger partial charge in [-0.2, -0.15) is 0 Å². The van der Waals surface area contributed by atoms with Gasteiger partial charge in [0.2, 0.25) is 5.91 Å². The minimum absolute atomic E-state index is 0.0771. The van der Waals surface area contributed by atoms with E-state index in [1.807, 2.05) is 13.8 Å². The molecule has 0 aromatic carbocycles. The highest BCUT2D eigenvalue weighted by atomic mass is 16.2. The summed E-state index contributed by atoms with van der Waals surface area (Å²) in [5.41, 5.74) is -0.110. The first kappa shape index (κ1) is 17.4. The predicted molar refractivity (Wildman–Crippen MR) is 77.8 cm³/mol. The third-order valence-corrected chi connectivity index (χ3v) is 3.40. The van der Waals surface area contributed by atoms with Crippen molar-refractivity contribution in [2.45, 2.75) is 59.5 Å². The molecular weight excluding hydrogens is 226 g/mol. The molecular formula is C14H31N3O. The molecule has 0 saturated heterocycles. The quantitative estimate of drug-likeness (QED) is 0.659. The Balaban J connectivity index is 3.91. The highest BCUT2D eigenvalue weighted by molar-refractivity contribution is 5.78. The summed E-state index contributed by atoms with van der Waals surface area (Å²) in [6.07, 6.45) is 0.938. The van der Waals surface area contributed by atoms with Crippen LogP contribution in [0.3, 0.4) is 0 Å². The maximum atomic E-state index is 11.8. The van der Waals surface area contributed by atoms with Crippen molar-refractivity contribution in [3.8, 4) is 0 Å². The molecule has 0 saturated carbocycles. The van der Waals surface area contributed by atoms with Crippen molar-refractivity contribution in [1.82, 2.24) is 15.5 Å². The van der Waals surface area contributed by atoms with Crippen molar-refractivity contribution in [3.63, 3.8) is 0 Å². The van der Waals surface area contributed by atoms with Gasteiger partial charge in [-0.15, -0.1) is 0 Å². The van der Waals surface area contributed by atoms with Gasteiger partial charge in [0.25, 0.3) is 0 Å². The largest absolute Gasteiger partial charge is 0.350 e. The van der Waals surface area contributed by atoms with Crippen molar-refractivity contribution in [2.24, 2.45) is 0 Å². The lowest BCUT2D eigenvalue weighted by molar-refractivity contribution is -0.122. The number of hydrogen-bond donors (Lipinski definition) is 2. The number of rotatable bonds is 9. The Hall–Kier alpha value is -0.610. The van der Waals surface area contributed by atoms with Crippen LogP contribution in [0.25, 0.3) is 0 Å². The van der Waals surface area contributed by atoms with Crippen molar-refractivity contribution >= 4 is 5.91 Å². The number of likely N-dealkylation sites (N-methyl/N-ethyl adjacent to an activating group) is 1. The van der Waals surface area contributed by atoms with Crippen LogP contribution in [0.15, 0.2) is 0 Å². The van der Waals surface area contributed by atoms with Crippen LogP contribution in [-0.2, 0) is 4.79 Å². The lowest BCUT2D eigenvalue weighted by Gasteiger charge is -2.26. The zero-order valence-corrected chi connectivity index (χ0v) is 13.0. The van der Waals surface area contributed by atoms with Crippen LogP contribution in [0, 0.1) is 0 Å². The topological polar surface area (TPSA) is 44.4 Å². The Bertz CT molecular complexity index is 237. The normalized spacial score (nSPS) is 13.7. The number of hydrogen-bond acceptors (Lipinski definition) is 3. The fraction of sp³-hybridized carbons (Fsp3) is 0.929. The lowest BCUT2D eigenvalue weighted by Crippen LogP contribution is -2.49. The molecule has 4 heteroatoms. The summed E-state index contributed by atoms with van der Waals surface area (Å²) in [5, 5.41) is 6.30. The fourth-order valence-corrected chi connectivity index (χ4v) is 1.71. The van der Waals surface area contributed by atoms with Crippen LogP contribution in [0.5, 0.6) is 0 Å². The van der Waals surface area contributed by atoms with Crippen LogP contribution in [0.2, 0.25) is 0 Å². The maximum absolute atomic E-state index is 11.8. The first-order valence-corrected chi connectivity index (χ1v) is 7.11. The molecule has 0 spiro atoms. The minimum atomic E-state index is -0.110. The summed E-state index contributed by atoms with van der Waals surface area (Å²) >= 11 is 0. The van der Waals surface area contributed by atoms with Gasteiger partial charge in [0.15, 0.2) is 0 Å². The zero-order valence-electron chi connectivity index (χ0n) is 13.0. The average molecular weight is 257 g/mol. The Morgan fingerprint density at radius 2 is 1.78 bits per heavy atom. The molecule has 0 aromatic rings. The minimum Gasteiger partial charge on any atom is -0.350 e. The Morgan fingerprint density at radius 3 is 2.22 bits per heavy atom. The molecule has 4 nitrogen and oxygen atoms in total. The molecule has 0 rings (SSSR count). The second kappa shape index (κ2) is 8.48. The van der Waals surface area contributed by atoms with Crippen molar-refractivity contribution < 1.29 is 4.79 Å². The summed E-state index contributed by atoms with van der Waals surface area (Å²) in [6, 6.07) is 0.334. The molecule has 1 unspecified atom stereocenters. The van der Waals surface area contributed by atoms with Gasteiger partial charge in [0.05, 0.1) is 6.54 Å². The fourth-order valence-electron chi connectivity index (χ4n) is 1.71. The van der Waals surface area contributed by atoms with E-state index in [2.05, 4.69) is 43.2 Å². The van der Waals surface area contributed by atoms with E-state index < -0.39 is 0 Å². The van der Waals surface area contributed by atoms with E-state index in [1.54, 1.807) is 0 Å². The van der Waals surface area contributed by atoms with Crippen molar-refractivity contribution in [1.29, 1.82) is 0 Å². The van der Waals surface area contributed by atoms with Crippen LogP contribution >= 0.6 is 0 Å². The summed E-state index contributed by atoms with van der Waals surface area (Å²) in [6.45, 7) is 16.1. The number of nitrogens with one attached hydrogen (secondary N) is 2. The monoisotopic (exact) mass is 257 g/mol. The molecule has 0 bridgehead atoms. The number of amides is 1. The third kappa shape index (κ3) is 7.67. The molecule has 2 N–H and O–H groups in total. The Kier molecular flexibility index (Phi) is 8.20. The van der Waals surface area contributed by atoms with Crippen LogP contribution in [0.1, 0.15) is 48.0 Å². The molecule has 1 atom stereocenters. The van der Waals surface area contributed by atoms with E-state index in [9.17, 15) is 4.79 Å². The third-order valence-electron chi connectivity index (χ3n) is 3.40. The predicted octanol–water partition coefficient (Wildman–Crippen LogP) is 1.61. The molecule has 1 amide bonds. The molecule has 0 radical (unpaired) electrons. The molecule has 0 aromatic heterocycles. The number of nitrogens with zero attached hydrogens (tertiary/aromatic N) is 1. The molecule has 0 aliphatic carbocycles. The standard InChI is InChI=1S/C14H31N3O/c1-7-14(5,6)16-13(18)10-15-12(4)11-17(8-2)9-3/h12,15H,7-11H2,1-6H3,(H,16,18). The average Bonchev–Trinajstić information content (AvgIpc) is 2.33. The molecule has 0 fully saturated rings. The molecule has 18 heavy (non-hydrogen) atoms. The van der Waals surface area contributed by atoms with Crippen molar-refractivity contribution in [2.75, 3.05) is 26.2 Å². The molecule has 0 aliphatic heterocycles. The number of carbonyl (C=O) groups is 1. The first-order valence-electron chi connectivity index (χ1n) is 7.11. The van der Waals surface area contributed by atoms with Crippen LogP contribution in [-0.4, -0.2) is 48.6 Å². The second-order valence-electron chi connectivity index (χ2n) is 5.55. The van der Waals surface area contributed by atoms with E-state index in [0.29, 0.717) is 12.6 Å². The van der Waals surface area contributed by atoms with Gasteiger partial charge in [-0.3, -0.25) is 4.79 Å². The molecule has 0 heterocycles. The molecule has 108 valence electrons. The van der Waals surface area contributed by atoms with Gasteiger partial charge >= 0.3 is 0 Å². The highest BCUT2D eigenvalue weighted by Crippen LogP contribution is 2.05. The van der Waals surface area contributed by atoms with E-state index in [4.69, 9.17) is 0 Å². The SMILES string of the molecule is CCN(CC)CC(C)NCC(=O)NC(C)(C)CC. The first-order chi connectivity index (χ1) is 8.34. The van der Waals surface area contributed by atoms with Crippen molar-refractivity contribution in [3.05, 3.63) is 0 Å². The Labute approximate surface area is 113 Å². The van der Waals surface area contributed by atoms with Gasteiger partial charge in [-0.05, 0) is 40.3 Å². The summed E-state index contributed by atoms with van der Waals surface area (Å²) in [7, 11) is 0. The van der Waals surface area contributed by atoms with Gasteiger partial charge in [-0.25, -0.2) is 0 Å². The lowest BCUT2D eigenvalue weighted by atomic mass is 10.0. The zero-order chi connectivity index (χ0) is 14.2. The second-order valence-corrected chi connectivity index (χ2v) is 5.55. The van der Waals surface area contributed by atoms with Gasteiger partial charge in [0.1, 0.15) is 0 Å². The van der Waals surface area contributed by atoms with E-state index in [0.717, 1.165) is 26.1 Å². The summed E-state index contributed by atoms with van der Waals surface area (Å²) in [4.78, 5) is 14.1. The summed E-state index contributed by atoms with van der Waals surface area (Å²) in [5.74, 6) is 0.0771. The number of carbonyl (C=O) groups excluding carboxylic acids is 1. The smallest absolute Gasteiger partial charge is 0.234 e. The van der Waals surface area contributed by atoms with E-state index >= 15 is 0 Å². The van der Waals surface area contributed by atoms with Crippen LogP contribution in [0.4, 0.5) is 0 Å². The van der Waals surface area contributed by atoms with Gasteiger partial charge in [0, 0.05) is 18.1 Å². The van der Waals surface area contributed by atoms with Crippen LogP contribution < -0.4 is 10.6 Å². The maximum Gasteiger partial charge on any atom is 0.234 e. The van der Waals surface area contributed by atoms with E-state index in [-0.39, 0.29) is 11.4 Å². The van der Waals surface area contributed by atoms with E-state index in [1.165, 1.54) is 0 Å². The van der Waals surface area contributed by atoms with Gasteiger partial charge in [-0.1, -0.05) is 20.8 Å². The van der Waals surface area contributed by atoms with Gasteiger partial charge < -0.3 is 15.5 Å².